The number of hydrogen-bond acceptors (Lipinski definition) is 4. The van der Waals surface area contributed by atoms with Crippen LogP contribution < -0.4 is 5.32 Å². The Labute approximate surface area is 142 Å². The Kier molecular flexibility index (Phi) is 5.31. The molecule has 1 aromatic carbocycles. The summed E-state index contributed by atoms with van der Waals surface area (Å²) in [5, 5.41) is 14.4. The second-order valence-electron chi connectivity index (χ2n) is 6.97. The van der Waals surface area contributed by atoms with Crippen LogP contribution in [0.25, 0.3) is 10.9 Å². The number of nitrogens with one attached hydrogen (secondary N) is 1. The molecule has 1 unspecified atom stereocenters. The summed E-state index contributed by atoms with van der Waals surface area (Å²) >= 11 is 0. The van der Waals surface area contributed by atoms with Crippen molar-refractivity contribution in [3.63, 3.8) is 0 Å². The molecule has 1 saturated heterocycles. The van der Waals surface area contributed by atoms with Crippen LogP contribution in [0.4, 0.5) is 10.1 Å². The van der Waals surface area contributed by atoms with Crippen LogP contribution in [0.3, 0.4) is 0 Å². The number of aliphatic hydroxyl groups excluding tert-OH is 1. The number of aromatic nitrogens is 1. The van der Waals surface area contributed by atoms with E-state index in [1.54, 1.807) is 6.07 Å². The van der Waals surface area contributed by atoms with Gasteiger partial charge in [0.15, 0.2) is 0 Å². The molecule has 3 rings (SSSR count). The summed E-state index contributed by atoms with van der Waals surface area (Å²) in [7, 11) is 0. The molecule has 1 aliphatic rings. The molecular weight excluding hydrogens is 305 g/mol. The normalized spacial score (nSPS) is 18.0. The second-order valence-corrected chi connectivity index (χ2v) is 6.97. The lowest BCUT2D eigenvalue weighted by Crippen LogP contribution is -2.40. The third-order valence-corrected chi connectivity index (χ3v) is 4.79. The number of likely N-dealkylation sites (tertiary alicyclic amines) is 1. The zero-order chi connectivity index (χ0) is 17.1. The fourth-order valence-corrected chi connectivity index (χ4v) is 3.32. The molecule has 2 N–H and O–H groups in total. The summed E-state index contributed by atoms with van der Waals surface area (Å²) in [5.74, 6) is 0.472. The lowest BCUT2D eigenvalue weighted by molar-refractivity contribution is 0.0990. The fourth-order valence-electron chi connectivity index (χ4n) is 3.32. The summed E-state index contributed by atoms with van der Waals surface area (Å²) in [6.45, 7) is 7.37. The minimum absolute atomic E-state index is 0.317. The number of β-amino-alcohol motifs (C(OH)–C–C–N with tert-alkyl or cyclic N) is 1. The number of fused-ring (bicyclic) bond motifs is 1. The number of para-hydroxylation sites is 1. The van der Waals surface area contributed by atoms with Crippen LogP contribution in [0.5, 0.6) is 0 Å². The van der Waals surface area contributed by atoms with Crippen LogP contribution in [0.2, 0.25) is 0 Å². The van der Waals surface area contributed by atoms with Gasteiger partial charge in [-0.25, -0.2) is 9.37 Å². The highest BCUT2D eigenvalue weighted by molar-refractivity contribution is 5.91. The van der Waals surface area contributed by atoms with Crippen molar-refractivity contribution in [1.29, 1.82) is 0 Å². The number of pyridine rings is 1. The monoisotopic (exact) mass is 331 g/mol. The van der Waals surface area contributed by atoms with Gasteiger partial charge in [0.25, 0.3) is 0 Å². The van der Waals surface area contributed by atoms with E-state index < -0.39 is 6.10 Å². The van der Waals surface area contributed by atoms with Crippen molar-refractivity contribution in [2.24, 2.45) is 5.92 Å². The van der Waals surface area contributed by atoms with Crippen molar-refractivity contribution in [3.05, 3.63) is 35.8 Å². The second kappa shape index (κ2) is 7.45. The average Bonchev–Trinajstić information content (AvgIpc) is 2.56. The molecular formula is C19H26FN3O. The van der Waals surface area contributed by atoms with Gasteiger partial charge in [0.2, 0.25) is 0 Å². The van der Waals surface area contributed by atoms with Gasteiger partial charge in [0, 0.05) is 29.9 Å². The molecule has 2 heterocycles. The Balaban J connectivity index is 1.64. The first-order valence-corrected chi connectivity index (χ1v) is 8.73. The van der Waals surface area contributed by atoms with Crippen molar-refractivity contribution in [2.45, 2.75) is 32.8 Å². The molecule has 1 atom stereocenters. The summed E-state index contributed by atoms with van der Waals surface area (Å²) in [6, 6.07) is 6.86. The predicted molar refractivity (Wildman–Crippen MR) is 95.8 cm³/mol. The Morgan fingerprint density at radius 3 is 2.88 bits per heavy atom. The van der Waals surface area contributed by atoms with Crippen LogP contribution >= 0.6 is 0 Å². The first kappa shape index (κ1) is 17.1. The number of rotatable bonds is 5. The number of anilines is 1. The van der Waals surface area contributed by atoms with E-state index in [1.807, 2.05) is 19.1 Å². The third-order valence-electron chi connectivity index (χ3n) is 4.79. The molecule has 0 bridgehead atoms. The van der Waals surface area contributed by atoms with Crippen molar-refractivity contribution in [3.8, 4) is 0 Å². The molecule has 5 heteroatoms. The van der Waals surface area contributed by atoms with Crippen molar-refractivity contribution >= 4 is 16.6 Å². The van der Waals surface area contributed by atoms with Gasteiger partial charge >= 0.3 is 0 Å². The number of aliphatic hydroxyl groups is 1. The smallest absolute Gasteiger partial charge is 0.149 e. The van der Waals surface area contributed by atoms with Gasteiger partial charge in [0.1, 0.15) is 11.3 Å². The maximum Gasteiger partial charge on any atom is 0.149 e. The molecule has 130 valence electrons. The highest BCUT2D eigenvalue weighted by Crippen LogP contribution is 2.25. The number of halogens is 1. The zero-order valence-electron chi connectivity index (χ0n) is 14.4. The Hall–Kier alpha value is -1.72. The molecule has 2 aromatic rings. The van der Waals surface area contributed by atoms with Gasteiger partial charge in [-0.1, -0.05) is 19.1 Å². The molecule has 1 aromatic heterocycles. The summed E-state index contributed by atoms with van der Waals surface area (Å²) in [4.78, 5) is 6.60. The van der Waals surface area contributed by atoms with Crippen molar-refractivity contribution < 1.29 is 9.50 Å². The van der Waals surface area contributed by atoms with E-state index in [1.165, 1.54) is 18.9 Å². The Morgan fingerprint density at radius 2 is 2.12 bits per heavy atom. The third kappa shape index (κ3) is 4.02. The molecule has 0 radical (unpaired) electrons. The number of aryl methyl sites for hydroxylation is 1. The first-order valence-electron chi connectivity index (χ1n) is 8.73. The largest absolute Gasteiger partial charge is 0.390 e. The SMILES string of the molecule is Cc1cc(NCC(O)CN2CCC(C)CC2)c2cccc(F)c2n1. The minimum atomic E-state index is -0.449. The average molecular weight is 331 g/mol. The zero-order valence-corrected chi connectivity index (χ0v) is 14.4. The highest BCUT2D eigenvalue weighted by atomic mass is 19.1. The molecule has 0 saturated carbocycles. The van der Waals surface area contributed by atoms with E-state index in [0.717, 1.165) is 35.8 Å². The molecule has 0 amide bonds. The summed E-state index contributed by atoms with van der Waals surface area (Å²) in [5.41, 5.74) is 1.96. The predicted octanol–water partition coefficient (Wildman–Crippen LogP) is 3.19. The van der Waals surface area contributed by atoms with Crippen LogP contribution in [-0.4, -0.2) is 47.3 Å². The molecule has 24 heavy (non-hydrogen) atoms. The molecule has 0 aliphatic carbocycles. The lowest BCUT2D eigenvalue weighted by atomic mass is 9.99. The van der Waals surface area contributed by atoms with Crippen LogP contribution in [0.15, 0.2) is 24.3 Å². The van der Waals surface area contributed by atoms with Crippen molar-refractivity contribution in [1.82, 2.24) is 9.88 Å². The van der Waals surface area contributed by atoms with E-state index in [2.05, 4.69) is 22.1 Å². The molecule has 4 nitrogen and oxygen atoms in total. The van der Waals surface area contributed by atoms with E-state index >= 15 is 0 Å². The van der Waals surface area contributed by atoms with E-state index in [-0.39, 0.29) is 5.82 Å². The minimum Gasteiger partial charge on any atom is -0.390 e. The summed E-state index contributed by atoms with van der Waals surface area (Å²) in [6.07, 6.45) is 1.96. The molecule has 0 spiro atoms. The van der Waals surface area contributed by atoms with Gasteiger partial charge in [0.05, 0.1) is 6.10 Å². The lowest BCUT2D eigenvalue weighted by Gasteiger charge is -2.31. The standard InChI is InChI=1S/C19H26FN3O/c1-13-6-8-23(9-7-13)12-15(24)11-21-18-10-14(2)22-19-16(18)4-3-5-17(19)20/h3-5,10,13,15,24H,6-9,11-12H2,1-2H3,(H,21,22). The fraction of sp³-hybridized carbons (Fsp3) is 0.526. The quantitative estimate of drug-likeness (QED) is 0.883. The maximum atomic E-state index is 13.9. The Bertz CT molecular complexity index is 698. The topological polar surface area (TPSA) is 48.4 Å². The number of hydrogen-bond donors (Lipinski definition) is 2. The van der Waals surface area contributed by atoms with Crippen LogP contribution in [0, 0.1) is 18.7 Å². The van der Waals surface area contributed by atoms with Gasteiger partial charge < -0.3 is 15.3 Å². The van der Waals surface area contributed by atoms with Gasteiger partial charge in [-0.2, -0.15) is 0 Å². The number of piperidine rings is 1. The Morgan fingerprint density at radius 1 is 1.38 bits per heavy atom. The highest BCUT2D eigenvalue weighted by Gasteiger charge is 2.18. The van der Waals surface area contributed by atoms with Crippen LogP contribution in [0.1, 0.15) is 25.5 Å². The summed E-state index contributed by atoms with van der Waals surface area (Å²) < 4.78 is 13.9. The first-order chi connectivity index (χ1) is 11.5. The van der Waals surface area contributed by atoms with Gasteiger partial charge in [-0.05, 0) is 50.9 Å². The van der Waals surface area contributed by atoms with E-state index in [4.69, 9.17) is 0 Å². The van der Waals surface area contributed by atoms with Gasteiger partial charge in [-0.3, -0.25) is 0 Å². The van der Waals surface area contributed by atoms with E-state index in [9.17, 15) is 9.50 Å². The van der Waals surface area contributed by atoms with E-state index in [0.29, 0.717) is 18.6 Å². The molecule has 1 fully saturated rings. The number of benzene rings is 1. The number of nitrogens with zero attached hydrogens (tertiary/aromatic N) is 2. The molecule has 1 aliphatic heterocycles. The van der Waals surface area contributed by atoms with Crippen LogP contribution in [-0.2, 0) is 0 Å². The van der Waals surface area contributed by atoms with Crippen molar-refractivity contribution in [2.75, 3.05) is 31.5 Å². The van der Waals surface area contributed by atoms with Gasteiger partial charge in [-0.15, -0.1) is 0 Å². The maximum absolute atomic E-state index is 13.9.